The number of carbonyl (C=O) groups excluding carboxylic acids is 2. The Morgan fingerprint density at radius 2 is 1.67 bits per heavy atom. The normalized spacial score (nSPS) is 10.2. The maximum absolute atomic E-state index is 12.0. The lowest BCUT2D eigenvalue weighted by Crippen LogP contribution is -2.43. The Bertz CT molecular complexity index is 755. The topological polar surface area (TPSA) is 67.4 Å². The van der Waals surface area contributed by atoms with Gasteiger partial charge in [0.05, 0.1) is 0 Å². The smallest absolute Gasteiger partial charge is 0.276 e. The molecule has 2 aromatic carbocycles. The summed E-state index contributed by atoms with van der Waals surface area (Å²) in [5, 5.41) is 0. The van der Waals surface area contributed by atoms with E-state index in [1.807, 2.05) is 45.0 Å². The molecule has 0 saturated heterocycles. The highest BCUT2D eigenvalue weighted by Gasteiger charge is 2.09. The number of ether oxygens (including phenoxy) is 1. The Morgan fingerprint density at radius 1 is 1.00 bits per heavy atom. The minimum Gasteiger partial charge on any atom is -0.484 e. The molecule has 24 heavy (non-hydrogen) atoms. The molecule has 126 valence electrons. The average molecular weight is 391 g/mol. The van der Waals surface area contributed by atoms with Gasteiger partial charge in [-0.3, -0.25) is 20.4 Å². The zero-order valence-corrected chi connectivity index (χ0v) is 15.4. The highest BCUT2D eigenvalue weighted by atomic mass is 79.9. The molecule has 0 aliphatic rings. The van der Waals surface area contributed by atoms with Crippen molar-refractivity contribution in [3.8, 4) is 5.75 Å². The van der Waals surface area contributed by atoms with Gasteiger partial charge >= 0.3 is 0 Å². The monoisotopic (exact) mass is 390 g/mol. The first-order valence-electron chi connectivity index (χ1n) is 7.41. The third-order valence-corrected chi connectivity index (χ3v) is 4.17. The number of hydrazine groups is 1. The van der Waals surface area contributed by atoms with Crippen LogP contribution in [0.5, 0.6) is 5.75 Å². The van der Waals surface area contributed by atoms with E-state index in [2.05, 4.69) is 26.8 Å². The van der Waals surface area contributed by atoms with Crippen LogP contribution >= 0.6 is 15.9 Å². The SMILES string of the molecule is Cc1cc(C)cc(OCC(=O)NNC(=O)c2ccc(C)c(Br)c2)c1. The van der Waals surface area contributed by atoms with Crippen LogP contribution in [-0.4, -0.2) is 18.4 Å². The quantitative estimate of drug-likeness (QED) is 0.787. The lowest BCUT2D eigenvalue weighted by atomic mass is 10.1. The van der Waals surface area contributed by atoms with Gasteiger partial charge in [0.25, 0.3) is 11.8 Å². The molecule has 2 amide bonds. The third-order valence-electron chi connectivity index (χ3n) is 3.31. The van der Waals surface area contributed by atoms with Gasteiger partial charge in [-0.1, -0.05) is 28.1 Å². The number of halogens is 1. The second kappa shape index (κ2) is 7.97. The predicted molar refractivity (Wildman–Crippen MR) is 95.9 cm³/mol. The van der Waals surface area contributed by atoms with E-state index >= 15 is 0 Å². The van der Waals surface area contributed by atoms with Gasteiger partial charge < -0.3 is 4.74 Å². The summed E-state index contributed by atoms with van der Waals surface area (Å²) in [5.41, 5.74) is 8.29. The minimum absolute atomic E-state index is 0.180. The molecule has 0 bridgehead atoms. The number of rotatable bonds is 4. The summed E-state index contributed by atoms with van der Waals surface area (Å²) in [6.07, 6.45) is 0. The predicted octanol–water partition coefficient (Wildman–Crippen LogP) is 3.21. The molecule has 0 atom stereocenters. The van der Waals surface area contributed by atoms with Crippen LogP contribution in [0, 0.1) is 20.8 Å². The molecule has 0 radical (unpaired) electrons. The minimum atomic E-state index is -0.436. The maximum atomic E-state index is 12.0. The van der Waals surface area contributed by atoms with Gasteiger partial charge in [-0.25, -0.2) is 0 Å². The molecule has 0 aromatic heterocycles. The van der Waals surface area contributed by atoms with Crippen LogP contribution in [0.2, 0.25) is 0 Å². The number of carbonyl (C=O) groups is 2. The standard InChI is InChI=1S/C18H19BrN2O3/c1-11-6-12(2)8-15(7-11)24-10-17(22)20-21-18(23)14-5-4-13(3)16(19)9-14/h4-9H,10H2,1-3H3,(H,20,22)(H,21,23). The average Bonchev–Trinajstić information content (AvgIpc) is 2.52. The number of benzene rings is 2. The van der Waals surface area contributed by atoms with Crippen LogP contribution in [-0.2, 0) is 4.79 Å². The van der Waals surface area contributed by atoms with Gasteiger partial charge in [-0.2, -0.15) is 0 Å². The fraction of sp³-hybridized carbons (Fsp3) is 0.222. The second-order valence-electron chi connectivity index (χ2n) is 5.58. The maximum Gasteiger partial charge on any atom is 0.276 e. The molecule has 5 nitrogen and oxygen atoms in total. The first-order chi connectivity index (χ1) is 11.3. The van der Waals surface area contributed by atoms with Crippen molar-refractivity contribution in [1.82, 2.24) is 10.9 Å². The molecule has 0 spiro atoms. The fourth-order valence-electron chi connectivity index (χ4n) is 2.13. The lowest BCUT2D eigenvalue weighted by molar-refractivity contribution is -0.123. The summed E-state index contributed by atoms with van der Waals surface area (Å²) in [4.78, 5) is 23.8. The summed E-state index contributed by atoms with van der Waals surface area (Å²) >= 11 is 3.37. The van der Waals surface area contributed by atoms with Crippen molar-refractivity contribution in [2.24, 2.45) is 0 Å². The zero-order chi connectivity index (χ0) is 17.7. The van der Waals surface area contributed by atoms with Gasteiger partial charge in [-0.15, -0.1) is 0 Å². The van der Waals surface area contributed by atoms with Crippen LogP contribution in [0.25, 0.3) is 0 Å². The molecule has 0 fully saturated rings. The van der Waals surface area contributed by atoms with Crippen LogP contribution in [0.3, 0.4) is 0 Å². The lowest BCUT2D eigenvalue weighted by Gasteiger charge is -2.10. The van der Waals surface area contributed by atoms with Crippen molar-refractivity contribution in [3.05, 3.63) is 63.1 Å². The Balaban J connectivity index is 1.84. The van der Waals surface area contributed by atoms with Crippen molar-refractivity contribution in [1.29, 1.82) is 0 Å². The molecule has 2 aromatic rings. The highest BCUT2D eigenvalue weighted by Crippen LogP contribution is 2.17. The van der Waals surface area contributed by atoms with E-state index in [9.17, 15) is 9.59 Å². The molecular formula is C18H19BrN2O3. The number of aryl methyl sites for hydroxylation is 3. The Labute approximate surface area is 149 Å². The van der Waals surface area contributed by atoms with Gasteiger partial charge in [-0.05, 0) is 61.7 Å². The van der Waals surface area contributed by atoms with Crippen LogP contribution in [0.15, 0.2) is 40.9 Å². The van der Waals surface area contributed by atoms with E-state index in [0.29, 0.717) is 11.3 Å². The first-order valence-corrected chi connectivity index (χ1v) is 8.21. The molecule has 2 N–H and O–H groups in total. The molecule has 2 rings (SSSR count). The Kier molecular flexibility index (Phi) is 5.98. The van der Waals surface area contributed by atoms with Crippen LogP contribution in [0.4, 0.5) is 0 Å². The summed E-state index contributed by atoms with van der Waals surface area (Å²) in [5.74, 6) is -0.208. The Morgan fingerprint density at radius 3 is 2.29 bits per heavy atom. The Hall–Kier alpha value is -2.34. The van der Waals surface area contributed by atoms with Crippen LogP contribution in [0.1, 0.15) is 27.0 Å². The van der Waals surface area contributed by atoms with Crippen LogP contribution < -0.4 is 15.6 Å². The first kappa shape index (κ1) is 18.0. The van der Waals surface area contributed by atoms with Crippen molar-refractivity contribution < 1.29 is 14.3 Å². The van der Waals surface area contributed by atoms with E-state index in [1.165, 1.54) is 0 Å². The number of hydrogen-bond donors (Lipinski definition) is 2. The van der Waals surface area contributed by atoms with E-state index in [4.69, 9.17) is 4.74 Å². The van der Waals surface area contributed by atoms with E-state index in [0.717, 1.165) is 21.2 Å². The van der Waals surface area contributed by atoms with Gasteiger partial charge in [0.2, 0.25) is 0 Å². The fourth-order valence-corrected chi connectivity index (χ4v) is 2.51. The van der Waals surface area contributed by atoms with Gasteiger partial charge in [0, 0.05) is 10.0 Å². The van der Waals surface area contributed by atoms with Gasteiger partial charge in [0.15, 0.2) is 6.61 Å². The third kappa shape index (κ3) is 5.09. The van der Waals surface area contributed by atoms with Crippen molar-refractivity contribution in [3.63, 3.8) is 0 Å². The van der Waals surface area contributed by atoms with E-state index in [-0.39, 0.29) is 6.61 Å². The van der Waals surface area contributed by atoms with E-state index < -0.39 is 11.8 Å². The summed E-state index contributed by atoms with van der Waals surface area (Å²) in [7, 11) is 0. The van der Waals surface area contributed by atoms with Crippen molar-refractivity contribution in [2.45, 2.75) is 20.8 Å². The highest BCUT2D eigenvalue weighted by molar-refractivity contribution is 9.10. The molecule has 0 unspecified atom stereocenters. The molecule has 0 heterocycles. The zero-order valence-electron chi connectivity index (χ0n) is 13.8. The molecule has 0 saturated carbocycles. The van der Waals surface area contributed by atoms with Gasteiger partial charge in [0.1, 0.15) is 5.75 Å². The van der Waals surface area contributed by atoms with Crippen molar-refractivity contribution in [2.75, 3.05) is 6.61 Å². The molecule has 0 aliphatic heterocycles. The second-order valence-corrected chi connectivity index (χ2v) is 6.43. The number of amides is 2. The number of hydrogen-bond acceptors (Lipinski definition) is 3. The summed E-state index contributed by atoms with van der Waals surface area (Å²) in [6, 6.07) is 10.9. The largest absolute Gasteiger partial charge is 0.484 e. The van der Waals surface area contributed by atoms with Crippen molar-refractivity contribution >= 4 is 27.7 Å². The molecule has 0 aliphatic carbocycles. The molecule has 6 heteroatoms. The number of nitrogens with one attached hydrogen (secondary N) is 2. The van der Waals surface area contributed by atoms with E-state index in [1.54, 1.807) is 12.1 Å². The summed E-state index contributed by atoms with van der Waals surface area (Å²) in [6.45, 7) is 5.67. The molecular weight excluding hydrogens is 372 g/mol. The summed E-state index contributed by atoms with van der Waals surface area (Å²) < 4.78 is 6.26.